The van der Waals surface area contributed by atoms with Crippen LogP contribution in [0.25, 0.3) is 0 Å². The number of nitrogens with one attached hydrogen (secondary N) is 1. The third-order valence-corrected chi connectivity index (χ3v) is 6.26. The van der Waals surface area contributed by atoms with Crippen molar-refractivity contribution in [2.24, 2.45) is 0 Å². The summed E-state index contributed by atoms with van der Waals surface area (Å²) in [5.41, 5.74) is 5.01. The minimum Gasteiger partial charge on any atom is -0.465 e. The van der Waals surface area contributed by atoms with Gasteiger partial charge in [-0.25, -0.2) is 17.9 Å². The van der Waals surface area contributed by atoms with E-state index >= 15 is 0 Å². The van der Waals surface area contributed by atoms with Crippen molar-refractivity contribution in [1.82, 2.24) is 4.72 Å². The van der Waals surface area contributed by atoms with Crippen LogP contribution in [0, 0.1) is 27.7 Å². The average molecular weight is 375 g/mol. The van der Waals surface area contributed by atoms with Gasteiger partial charge in [0.05, 0.1) is 17.6 Å². The van der Waals surface area contributed by atoms with Gasteiger partial charge in [0, 0.05) is 6.04 Å². The Morgan fingerprint density at radius 1 is 0.962 bits per heavy atom. The Morgan fingerprint density at radius 3 is 2.19 bits per heavy atom. The van der Waals surface area contributed by atoms with Crippen molar-refractivity contribution in [3.8, 4) is 0 Å². The van der Waals surface area contributed by atoms with Gasteiger partial charge in [-0.15, -0.1) is 0 Å². The van der Waals surface area contributed by atoms with E-state index in [0.717, 1.165) is 16.7 Å². The van der Waals surface area contributed by atoms with Gasteiger partial charge in [-0.05, 0) is 74.6 Å². The number of hydrogen-bond acceptors (Lipinski definition) is 4. The zero-order chi connectivity index (χ0) is 19.6. The molecule has 0 spiro atoms. The Balaban J connectivity index is 2.40. The molecular formula is C20H25NO4S. The first kappa shape index (κ1) is 20.1. The highest BCUT2D eigenvalue weighted by atomic mass is 32.2. The quantitative estimate of drug-likeness (QED) is 0.808. The van der Waals surface area contributed by atoms with Crippen LogP contribution in [0.1, 0.15) is 51.1 Å². The second kappa shape index (κ2) is 7.60. The molecule has 0 unspecified atom stereocenters. The summed E-state index contributed by atoms with van der Waals surface area (Å²) >= 11 is 0. The molecule has 26 heavy (non-hydrogen) atoms. The lowest BCUT2D eigenvalue weighted by Crippen LogP contribution is -2.28. The van der Waals surface area contributed by atoms with Gasteiger partial charge in [-0.3, -0.25) is 0 Å². The molecule has 0 aliphatic rings. The number of esters is 1. The Morgan fingerprint density at radius 2 is 1.58 bits per heavy atom. The fourth-order valence-corrected chi connectivity index (χ4v) is 4.44. The van der Waals surface area contributed by atoms with Gasteiger partial charge < -0.3 is 4.74 Å². The fraction of sp³-hybridized carbons (Fsp3) is 0.350. The lowest BCUT2D eigenvalue weighted by molar-refractivity contribution is 0.0600. The number of rotatable bonds is 5. The monoisotopic (exact) mass is 375 g/mol. The van der Waals surface area contributed by atoms with Gasteiger partial charge in [-0.2, -0.15) is 0 Å². The van der Waals surface area contributed by atoms with E-state index in [9.17, 15) is 13.2 Å². The number of hydrogen-bond donors (Lipinski definition) is 1. The molecule has 0 aromatic heterocycles. The molecule has 1 N–H and O–H groups in total. The van der Waals surface area contributed by atoms with E-state index in [1.807, 2.05) is 33.8 Å². The second-order valence-corrected chi connectivity index (χ2v) is 8.29. The van der Waals surface area contributed by atoms with E-state index in [-0.39, 0.29) is 10.5 Å². The molecule has 0 radical (unpaired) electrons. The van der Waals surface area contributed by atoms with Crippen molar-refractivity contribution in [2.75, 3.05) is 7.11 Å². The number of aryl methyl sites for hydroxylation is 4. The number of sulfonamides is 1. The van der Waals surface area contributed by atoms with Gasteiger partial charge in [0.1, 0.15) is 0 Å². The van der Waals surface area contributed by atoms with Crippen LogP contribution in [0.15, 0.2) is 35.2 Å². The predicted octanol–water partition coefficient (Wildman–Crippen LogP) is 3.75. The molecule has 140 valence electrons. The molecule has 6 heteroatoms. The molecule has 0 heterocycles. The van der Waals surface area contributed by atoms with E-state index < -0.39 is 22.0 Å². The Kier molecular flexibility index (Phi) is 5.88. The Hall–Kier alpha value is -2.18. The van der Waals surface area contributed by atoms with Crippen molar-refractivity contribution in [3.63, 3.8) is 0 Å². The van der Waals surface area contributed by atoms with Crippen LogP contribution in [0.2, 0.25) is 0 Å². The zero-order valence-electron chi connectivity index (χ0n) is 16.0. The molecule has 5 nitrogen and oxygen atoms in total. The summed E-state index contributed by atoms with van der Waals surface area (Å²) in [7, 11) is -2.54. The Bertz CT molecular complexity index is 949. The van der Waals surface area contributed by atoms with Crippen LogP contribution in [-0.2, 0) is 14.8 Å². The minimum atomic E-state index is -3.80. The summed E-state index contributed by atoms with van der Waals surface area (Å²) in [6.07, 6.45) is 0. The van der Waals surface area contributed by atoms with E-state index in [0.29, 0.717) is 5.56 Å². The molecule has 2 aromatic carbocycles. The van der Waals surface area contributed by atoms with Crippen LogP contribution in [0.3, 0.4) is 0 Å². The van der Waals surface area contributed by atoms with Crippen molar-refractivity contribution < 1.29 is 17.9 Å². The summed E-state index contributed by atoms with van der Waals surface area (Å²) in [6, 6.07) is 8.17. The highest BCUT2D eigenvalue weighted by Gasteiger charge is 2.23. The maximum atomic E-state index is 12.9. The van der Waals surface area contributed by atoms with Gasteiger partial charge in [0.2, 0.25) is 10.0 Å². The lowest BCUT2D eigenvalue weighted by Gasteiger charge is -2.19. The maximum absolute atomic E-state index is 12.9. The standard InChI is InChI=1S/C20H25NO4S/c1-12-7-8-17(20(22)25-6)11-19(12)26(23,24)21-16(5)18-10-14(3)13(2)9-15(18)4/h7-11,16,21H,1-6H3/t16-/m1/s1. The smallest absolute Gasteiger partial charge is 0.337 e. The first-order chi connectivity index (χ1) is 12.1. The van der Waals surface area contributed by atoms with Gasteiger partial charge in [0.25, 0.3) is 0 Å². The second-order valence-electron chi connectivity index (χ2n) is 6.61. The molecule has 0 saturated heterocycles. The summed E-state index contributed by atoms with van der Waals surface area (Å²) < 4.78 is 33.2. The normalized spacial score (nSPS) is 12.7. The Labute approximate surface area is 155 Å². The third-order valence-electron chi connectivity index (χ3n) is 4.58. The minimum absolute atomic E-state index is 0.0775. The average Bonchev–Trinajstić information content (AvgIpc) is 2.57. The summed E-state index contributed by atoms with van der Waals surface area (Å²) in [6.45, 7) is 9.51. The highest BCUT2D eigenvalue weighted by molar-refractivity contribution is 7.89. The molecule has 1 atom stereocenters. The van der Waals surface area contributed by atoms with E-state index in [2.05, 4.69) is 15.5 Å². The summed E-state index contributed by atoms with van der Waals surface area (Å²) in [5, 5.41) is 0. The number of benzene rings is 2. The van der Waals surface area contributed by atoms with E-state index in [4.69, 9.17) is 0 Å². The van der Waals surface area contributed by atoms with Crippen molar-refractivity contribution in [3.05, 3.63) is 63.7 Å². The molecule has 0 saturated carbocycles. The molecule has 0 aliphatic heterocycles. The number of carbonyl (C=O) groups is 1. The fourth-order valence-electron chi connectivity index (χ4n) is 2.94. The SMILES string of the molecule is COC(=O)c1ccc(C)c(S(=O)(=O)N[C@H](C)c2cc(C)c(C)cc2C)c1. The van der Waals surface area contributed by atoms with Gasteiger partial charge in [0.15, 0.2) is 0 Å². The zero-order valence-corrected chi connectivity index (χ0v) is 16.8. The van der Waals surface area contributed by atoms with Crippen LogP contribution in [0.5, 0.6) is 0 Å². The molecule has 0 fully saturated rings. The molecular weight excluding hydrogens is 350 g/mol. The molecule has 0 bridgehead atoms. The van der Waals surface area contributed by atoms with Gasteiger partial charge >= 0.3 is 5.97 Å². The largest absolute Gasteiger partial charge is 0.465 e. The molecule has 0 aliphatic carbocycles. The highest BCUT2D eigenvalue weighted by Crippen LogP contribution is 2.25. The number of methoxy groups -OCH3 is 1. The lowest BCUT2D eigenvalue weighted by atomic mass is 9.97. The number of carbonyl (C=O) groups excluding carboxylic acids is 1. The maximum Gasteiger partial charge on any atom is 0.337 e. The summed E-state index contributed by atoms with van der Waals surface area (Å²) in [5.74, 6) is -0.570. The first-order valence-electron chi connectivity index (χ1n) is 8.36. The van der Waals surface area contributed by atoms with E-state index in [1.54, 1.807) is 19.1 Å². The molecule has 2 rings (SSSR count). The van der Waals surface area contributed by atoms with Crippen molar-refractivity contribution >= 4 is 16.0 Å². The van der Waals surface area contributed by atoms with E-state index in [1.165, 1.54) is 18.7 Å². The molecule has 2 aromatic rings. The topological polar surface area (TPSA) is 72.5 Å². The van der Waals surface area contributed by atoms with Crippen LogP contribution in [0.4, 0.5) is 0 Å². The first-order valence-corrected chi connectivity index (χ1v) is 9.84. The molecule has 0 amide bonds. The third kappa shape index (κ3) is 4.14. The predicted molar refractivity (Wildman–Crippen MR) is 102 cm³/mol. The van der Waals surface area contributed by atoms with Gasteiger partial charge in [-0.1, -0.05) is 18.2 Å². The van der Waals surface area contributed by atoms with Crippen LogP contribution in [-0.4, -0.2) is 21.5 Å². The van der Waals surface area contributed by atoms with Crippen LogP contribution < -0.4 is 4.72 Å². The number of ether oxygens (including phenoxy) is 1. The van der Waals surface area contributed by atoms with Crippen LogP contribution >= 0.6 is 0 Å². The summed E-state index contributed by atoms with van der Waals surface area (Å²) in [4.78, 5) is 11.8. The van der Waals surface area contributed by atoms with Crippen molar-refractivity contribution in [2.45, 2.75) is 45.6 Å². The van der Waals surface area contributed by atoms with Crippen molar-refractivity contribution in [1.29, 1.82) is 0 Å².